The Labute approximate surface area is 225 Å². The second kappa shape index (κ2) is 11.6. The summed E-state index contributed by atoms with van der Waals surface area (Å²) < 4.78 is 86.2. The Morgan fingerprint density at radius 3 is 2.25 bits per heavy atom. The fourth-order valence-electron chi connectivity index (χ4n) is 4.34. The second-order valence-electron chi connectivity index (χ2n) is 9.27. The van der Waals surface area contributed by atoms with Gasteiger partial charge in [-0.05, 0) is 65.9 Å². The summed E-state index contributed by atoms with van der Waals surface area (Å²) in [5, 5.41) is 13.6. The number of ether oxygens (including phenoxy) is 1. The van der Waals surface area contributed by atoms with Crippen LogP contribution < -0.4 is 10.1 Å². The van der Waals surface area contributed by atoms with Gasteiger partial charge in [0.15, 0.2) is 0 Å². The van der Waals surface area contributed by atoms with Gasteiger partial charge in [-0.25, -0.2) is 0 Å². The van der Waals surface area contributed by atoms with E-state index >= 15 is 0 Å². The molecule has 1 atom stereocenters. The first-order chi connectivity index (χ1) is 18.9. The van der Waals surface area contributed by atoms with Crippen LogP contribution in [0.25, 0.3) is 22.0 Å². The molecule has 11 heteroatoms. The highest BCUT2D eigenvalue weighted by Crippen LogP contribution is 2.39. The molecule has 4 aromatic rings. The lowest BCUT2D eigenvalue weighted by atomic mass is 9.97. The van der Waals surface area contributed by atoms with Crippen LogP contribution in [0.2, 0.25) is 0 Å². The molecule has 0 bridgehead atoms. The van der Waals surface area contributed by atoms with Gasteiger partial charge in [-0.3, -0.25) is 4.79 Å². The number of para-hydroxylation sites is 1. The maximum atomic E-state index is 13.4. The van der Waals surface area contributed by atoms with Crippen molar-refractivity contribution in [2.24, 2.45) is 0 Å². The van der Waals surface area contributed by atoms with E-state index < -0.39 is 42.0 Å². The number of nitrogens with one attached hydrogen (secondary N) is 2. The molecule has 0 spiro atoms. The van der Waals surface area contributed by atoms with Gasteiger partial charge in [-0.1, -0.05) is 31.2 Å². The van der Waals surface area contributed by atoms with Crippen LogP contribution in [-0.2, 0) is 18.8 Å². The summed E-state index contributed by atoms with van der Waals surface area (Å²) in [6, 6.07) is 11.8. The molecule has 0 aliphatic carbocycles. The predicted molar refractivity (Wildman–Crippen MR) is 138 cm³/mol. The molecule has 1 aromatic heterocycles. The zero-order chi connectivity index (χ0) is 29.1. The first-order valence-electron chi connectivity index (χ1n) is 12.4. The molecule has 5 nitrogen and oxygen atoms in total. The van der Waals surface area contributed by atoms with Crippen LogP contribution >= 0.6 is 0 Å². The lowest BCUT2D eigenvalue weighted by molar-refractivity contribution is -0.143. The standard InChI is InChI=1S/C29H26F6N2O3/c1-2-9-40-26-8-7-17(18-10-20(28(30,31)32)14-21(11-18)29(33,34)35)13-24(26)27(39)37-22(16-38)12-19-15-36-25-6-4-3-5-23(19)25/h3-8,10-11,13-15,22,36,38H,2,9,12,16H2,1H3,(H,37,39)/t22-/m1/s1. The van der Waals surface area contributed by atoms with E-state index in [0.717, 1.165) is 16.5 Å². The van der Waals surface area contributed by atoms with Gasteiger partial charge in [-0.15, -0.1) is 0 Å². The van der Waals surface area contributed by atoms with Gasteiger partial charge in [0.1, 0.15) is 5.75 Å². The number of benzene rings is 3. The number of H-pyrrole nitrogens is 1. The molecule has 0 aliphatic rings. The highest BCUT2D eigenvalue weighted by Gasteiger charge is 2.37. The number of carbonyl (C=O) groups excluding carboxylic acids is 1. The number of aliphatic hydroxyl groups excluding tert-OH is 1. The summed E-state index contributed by atoms with van der Waals surface area (Å²) in [7, 11) is 0. The smallest absolute Gasteiger partial charge is 0.416 e. The summed E-state index contributed by atoms with van der Waals surface area (Å²) in [4.78, 5) is 16.5. The molecular formula is C29H26F6N2O3. The second-order valence-corrected chi connectivity index (χ2v) is 9.27. The first-order valence-corrected chi connectivity index (χ1v) is 12.4. The van der Waals surface area contributed by atoms with Crippen LogP contribution in [0.4, 0.5) is 26.3 Å². The Morgan fingerprint density at radius 1 is 0.950 bits per heavy atom. The van der Waals surface area contributed by atoms with Crippen LogP contribution in [-0.4, -0.2) is 35.3 Å². The van der Waals surface area contributed by atoms with Crippen molar-refractivity contribution in [3.63, 3.8) is 0 Å². The van der Waals surface area contributed by atoms with Crippen LogP contribution in [0, 0.1) is 0 Å². The lowest BCUT2D eigenvalue weighted by Crippen LogP contribution is -2.39. The Kier molecular flexibility index (Phi) is 8.43. The van der Waals surface area contributed by atoms with Crippen molar-refractivity contribution in [2.45, 2.75) is 38.2 Å². The molecule has 0 unspecified atom stereocenters. The molecule has 212 valence electrons. The quantitative estimate of drug-likeness (QED) is 0.192. The fourth-order valence-corrected chi connectivity index (χ4v) is 4.34. The van der Waals surface area contributed by atoms with Gasteiger partial charge < -0.3 is 20.1 Å². The van der Waals surface area contributed by atoms with E-state index in [1.54, 1.807) is 6.20 Å². The molecule has 0 saturated heterocycles. The van der Waals surface area contributed by atoms with Gasteiger partial charge >= 0.3 is 12.4 Å². The lowest BCUT2D eigenvalue weighted by Gasteiger charge is -2.19. The maximum absolute atomic E-state index is 13.4. The number of hydrogen-bond acceptors (Lipinski definition) is 3. The van der Waals surface area contributed by atoms with E-state index in [-0.39, 0.29) is 41.5 Å². The molecule has 1 heterocycles. The number of halogens is 6. The normalized spacial score (nSPS) is 12.9. The Hall–Kier alpha value is -3.99. The molecule has 4 rings (SSSR count). The van der Waals surface area contributed by atoms with Crippen molar-refractivity contribution in [2.75, 3.05) is 13.2 Å². The number of aliphatic hydroxyl groups is 1. The summed E-state index contributed by atoms with van der Waals surface area (Å²) in [6.45, 7) is 1.64. The van der Waals surface area contributed by atoms with Crippen molar-refractivity contribution in [3.05, 3.63) is 89.1 Å². The maximum Gasteiger partial charge on any atom is 0.416 e. The monoisotopic (exact) mass is 564 g/mol. The van der Waals surface area contributed by atoms with Crippen LogP contribution in [0.15, 0.2) is 66.9 Å². The Balaban J connectivity index is 1.69. The van der Waals surface area contributed by atoms with Gasteiger partial charge in [0.2, 0.25) is 0 Å². The van der Waals surface area contributed by atoms with E-state index in [2.05, 4.69) is 10.3 Å². The summed E-state index contributed by atoms with van der Waals surface area (Å²) in [5.74, 6) is -0.593. The third-order valence-corrected chi connectivity index (χ3v) is 6.30. The van der Waals surface area contributed by atoms with E-state index in [1.807, 2.05) is 31.2 Å². The van der Waals surface area contributed by atoms with E-state index in [0.29, 0.717) is 18.6 Å². The van der Waals surface area contributed by atoms with Crippen molar-refractivity contribution in [1.29, 1.82) is 0 Å². The third-order valence-electron chi connectivity index (χ3n) is 6.30. The number of carbonyl (C=O) groups is 1. The topological polar surface area (TPSA) is 74.3 Å². The number of fused-ring (bicyclic) bond motifs is 1. The number of aromatic nitrogens is 1. The van der Waals surface area contributed by atoms with E-state index in [4.69, 9.17) is 4.74 Å². The fraction of sp³-hybridized carbons (Fsp3) is 0.276. The van der Waals surface area contributed by atoms with Gasteiger partial charge in [0.25, 0.3) is 5.91 Å². The van der Waals surface area contributed by atoms with Gasteiger partial charge in [0, 0.05) is 17.1 Å². The number of hydrogen-bond donors (Lipinski definition) is 3. The molecule has 3 aromatic carbocycles. The van der Waals surface area contributed by atoms with Crippen LogP contribution in [0.3, 0.4) is 0 Å². The summed E-state index contributed by atoms with van der Waals surface area (Å²) in [6.07, 6.45) is -7.42. The zero-order valence-corrected chi connectivity index (χ0v) is 21.3. The summed E-state index contributed by atoms with van der Waals surface area (Å²) >= 11 is 0. The molecule has 0 saturated carbocycles. The summed E-state index contributed by atoms with van der Waals surface area (Å²) in [5.41, 5.74) is -1.70. The SMILES string of the molecule is CCCOc1ccc(-c2cc(C(F)(F)F)cc(C(F)(F)F)c2)cc1C(=O)N[C@@H](CO)Cc1c[nH]c2ccccc12. The largest absolute Gasteiger partial charge is 0.493 e. The van der Waals surface area contributed by atoms with Gasteiger partial charge in [0.05, 0.1) is 35.9 Å². The van der Waals surface area contributed by atoms with Crippen molar-refractivity contribution < 1.29 is 41.0 Å². The molecular weight excluding hydrogens is 538 g/mol. The minimum absolute atomic E-state index is 0.0391. The van der Waals surface area contributed by atoms with E-state index in [9.17, 15) is 36.2 Å². The van der Waals surface area contributed by atoms with Crippen molar-refractivity contribution >= 4 is 16.8 Å². The highest BCUT2D eigenvalue weighted by molar-refractivity contribution is 5.98. The van der Waals surface area contributed by atoms with Crippen LogP contribution in [0.5, 0.6) is 5.75 Å². The molecule has 3 N–H and O–H groups in total. The van der Waals surface area contributed by atoms with Gasteiger partial charge in [-0.2, -0.15) is 26.3 Å². The molecule has 40 heavy (non-hydrogen) atoms. The minimum Gasteiger partial charge on any atom is -0.493 e. The average Bonchev–Trinajstić information content (AvgIpc) is 3.32. The number of aromatic amines is 1. The number of amides is 1. The minimum atomic E-state index is -5.02. The Morgan fingerprint density at radius 2 is 1.62 bits per heavy atom. The van der Waals surface area contributed by atoms with Crippen molar-refractivity contribution in [1.82, 2.24) is 10.3 Å². The molecule has 0 aliphatic heterocycles. The number of rotatable bonds is 9. The molecule has 0 radical (unpaired) electrons. The third kappa shape index (κ3) is 6.59. The van der Waals surface area contributed by atoms with Crippen molar-refractivity contribution in [3.8, 4) is 16.9 Å². The first kappa shape index (κ1) is 29.0. The predicted octanol–water partition coefficient (Wildman–Crippen LogP) is 6.99. The molecule has 1 amide bonds. The highest BCUT2D eigenvalue weighted by atomic mass is 19.4. The molecule has 0 fully saturated rings. The Bertz CT molecular complexity index is 1460. The average molecular weight is 565 g/mol. The van der Waals surface area contributed by atoms with Crippen LogP contribution in [0.1, 0.15) is 40.4 Å². The zero-order valence-electron chi connectivity index (χ0n) is 21.3. The van der Waals surface area contributed by atoms with E-state index in [1.165, 1.54) is 18.2 Å². The number of alkyl halides is 6.